The zero-order valence-corrected chi connectivity index (χ0v) is 11.3. The third-order valence-corrected chi connectivity index (χ3v) is 3.87. The van der Waals surface area contributed by atoms with Gasteiger partial charge in [0.2, 0.25) is 0 Å². The Morgan fingerprint density at radius 1 is 1.18 bits per heavy atom. The van der Waals surface area contributed by atoms with Crippen LogP contribution in [0.15, 0.2) is 41.8 Å². The van der Waals surface area contributed by atoms with Crippen LogP contribution in [0.4, 0.5) is 0 Å². The van der Waals surface area contributed by atoms with Gasteiger partial charge in [-0.15, -0.1) is 11.3 Å². The smallest absolute Gasteiger partial charge is 0.0302 e. The van der Waals surface area contributed by atoms with Crippen molar-refractivity contribution >= 4 is 11.3 Å². The molecule has 0 aliphatic carbocycles. The third kappa shape index (κ3) is 3.69. The molecule has 2 heteroatoms. The average molecular weight is 245 g/mol. The van der Waals surface area contributed by atoms with Crippen LogP contribution in [-0.4, -0.2) is 6.04 Å². The van der Waals surface area contributed by atoms with Crippen molar-refractivity contribution in [1.82, 2.24) is 5.32 Å². The van der Waals surface area contributed by atoms with Crippen LogP contribution in [0, 0.1) is 6.92 Å². The van der Waals surface area contributed by atoms with Crippen LogP contribution in [0.3, 0.4) is 0 Å². The summed E-state index contributed by atoms with van der Waals surface area (Å²) in [5.74, 6) is 0. The van der Waals surface area contributed by atoms with E-state index in [0.717, 1.165) is 13.0 Å². The number of aryl methyl sites for hydroxylation is 1. The van der Waals surface area contributed by atoms with Gasteiger partial charge in [-0.2, -0.15) is 0 Å². The lowest BCUT2D eigenvalue weighted by molar-refractivity contribution is 0.548. The molecule has 1 atom stereocenters. The van der Waals surface area contributed by atoms with Gasteiger partial charge in [0.05, 0.1) is 0 Å². The minimum Gasteiger partial charge on any atom is -0.309 e. The minimum atomic E-state index is 0.512. The first-order valence-electron chi connectivity index (χ1n) is 6.06. The van der Waals surface area contributed by atoms with E-state index in [1.54, 1.807) is 0 Å². The summed E-state index contributed by atoms with van der Waals surface area (Å²) in [4.78, 5) is 1.40. The molecule has 0 radical (unpaired) electrons. The number of hydrogen-bond acceptors (Lipinski definition) is 2. The molecule has 2 rings (SSSR count). The average Bonchev–Trinajstić information content (AvgIpc) is 2.82. The highest BCUT2D eigenvalue weighted by molar-refractivity contribution is 7.09. The van der Waals surface area contributed by atoms with E-state index in [2.05, 4.69) is 60.9 Å². The van der Waals surface area contributed by atoms with Crippen molar-refractivity contribution in [3.8, 4) is 0 Å². The van der Waals surface area contributed by atoms with Crippen LogP contribution in [0.2, 0.25) is 0 Å². The molecule has 1 aromatic carbocycles. The van der Waals surface area contributed by atoms with E-state index in [9.17, 15) is 0 Å². The van der Waals surface area contributed by atoms with Crippen molar-refractivity contribution in [1.29, 1.82) is 0 Å². The molecule has 2 aromatic rings. The van der Waals surface area contributed by atoms with Crippen molar-refractivity contribution < 1.29 is 0 Å². The summed E-state index contributed by atoms with van der Waals surface area (Å²) in [6.07, 6.45) is 1.10. The van der Waals surface area contributed by atoms with Gasteiger partial charge in [0.15, 0.2) is 0 Å². The maximum Gasteiger partial charge on any atom is 0.0302 e. The molecule has 1 aromatic heterocycles. The van der Waals surface area contributed by atoms with Crippen LogP contribution in [0.5, 0.6) is 0 Å². The van der Waals surface area contributed by atoms with Crippen LogP contribution >= 0.6 is 11.3 Å². The van der Waals surface area contributed by atoms with Crippen molar-refractivity contribution in [3.63, 3.8) is 0 Å². The lowest BCUT2D eigenvalue weighted by Gasteiger charge is -2.14. The van der Waals surface area contributed by atoms with Crippen LogP contribution in [0.25, 0.3) is 0 Å². The zero-order chi connectivity index (χ0) is 12.1. The molecule has 1 heterocycles. The number of benzene rings is 1. The summed E-state index contributed by atoms with van der Waals surface area (Å²) < 4.78 is 0. The van der Waals surface area contributed by atoms with Gasteiger partial charge in [-0.05, 0) is 42.8 Å². The molecule has 0 amide bonds. The van der Waals surface area contributed by atoms with Gasteiger partial charge >= 0.3 is 0 Å². The van der Waals surface area contributed by atoms with Crippen LogP contribution < -0.4 is 5.32 Å². The predicted octanol–water partition coefficient (Wildman–Crippen LogP) is 3.78. The fourth-order valence-corrected chi connectivity index (χ4v) is 2.58. The zero-order valence-electron chi connectivity index (χ0n) is 10.4. The highest BCUT2D eigenvalue weighted by Gasteiger charge is 2.05. The standard InChI is InChI=1S/C15H19NS/c1-12-6-3-4-7-14(12)10-13(2)16-11-15-8-5-9-17-15/h3-9,13,16H,10-11H2,1-2H3. The summed E-state index contributed by atoms with van der Waals surface area (Å²) in [6.45, 7) is 5.41. The maximum absolute atomic E-state index is 3.57. The van der Waals surface area contributed by atoms with Crippen LogP contribution in [-0.2, 0) is 13.0 Å². The monoisotopic (exact) mass is 245 g/mol. The molecule has 0 aliphatic rings. The van der Waals surface area contributed by atoms with Gasteiger partial charge in [-0.25, -0.2) is 0 Å². The van der Waals surface area contributed by atoms with E-state index in [1.807, 2.05) is 11.3 Å². The van der Waals surface area contributed by atoms with E-state index < -0.39 is 0 Å². The van der Waals surface area contributed by atoms with Crippen molar-refractivity contribution in [2.75, 3.05) is 0 Å². The quantitative estimate of drug-likeness (QED) is 0.845. The van der Waals surface area contributed by atoms with Crippen molar-refractivity contribution in [3.05, 3.63) is 57.8 Å². The predicted molar refractivity (Wildman–Crippen MR) is 75.5 cm³/mol. The third-order valence-electron chi connectivity index (χ3n) is 2.99. The van der Waals surface area contributed by atoms with Crippen LogP contribution in [0.1, 0.15) is 22.9 Å². The molecule has 0 fully saturated rings. The van der Waals surface area contributed by atoms with Crippen molar-refractivity contribution in [2.45, 2.75) is 32.9 Å². The fraction of sp³-hybridized carbons (Fsp3) is 0.333. The second kappa shape index (κ2) is 5.99. The normalized spacial score (nSPS) is 12.6. The van der Waals surface area contributed by atoms with E-state index in [0.29, 0.717) is 6.04 Å². The van der Waals surface area contributed by atoms with E-state index >= 15 is 0 Å². The summed E-state index contributed by atoms with van der Waals surface area (Å²) in [7, 11) is 0. The SMILES string of the molecule is Cc1ccccc1CC(C)NCc1cccs1. The number of nitrogens with one attached hydrogen (secondary N) is 1. The Morgan fingerprint density at radius 3 is 2.71 bits per heavy atom. The molecule has 1 unspecified atom stereocenters. The fourth-order valence-electron chi connectivity index (χ4n) is 1.93. The summed E-state index contributed by atoms with van der Waals surface area (Å²) >= 11 is 1.81. The molecule has 1 N–H and O–H groups in total. The Bertz CT molecular complexity index is 448. The van der Waals surface area contributed by atoms with Gasteiger partial charge in [0.25, 0.3) is 0 Å². The summed E-state index contributed by atoms with van der Waals surface area (Å²) in [5.41, 5.74) is 2.83. The number of rotatable bonds is 5. The Balaban J connectivity index is 1.85. The number of hydrogen-bond donors (Lipinski definition) is 1. The molecule has 0 aliphatic heterocycles. The first kappa shape index (κ1) is 12.3. The molecule has 0 bridgehead atoms. The number of thiophene rings is 1. The largest absolute Gasteiger partial charge is 0.309 e. The lowest BCUT2D eigenvalue weighted by atomic mass is 10.0. The molecule has 90 valence electrons. The Morgan fingerprint density at radius 2 is 2.00 bits per heavy atom. The maximum atomic E-state index is 3.57. The summed E-state index contributed by atoms with van der Waals surface area (Å²) in [6, 6.07) is 13.4. The second-order valence-corrected chi connectivity index (χ2v) is 5.52. The van der Waals surface area contributed by atoms with Gasteiger partial charge in [-0.3, -0.25) is 0 Å². The molecular weight excluding hydrogens is 226 g/mol. The molecule has 17 heavy (non-hydrogen) atoms. The van der Waals surface area contributed by atoms with Gasteiger partial charge < -0.3 is 5.32 Å². The van der Waals surface area contributed by atoms with Gasteiger partial charge in [0, 0.05) is 17.5 Å². The van der Waals surface area contributed by atoms with E-state index in [4.69, 9.17) is 0 Å². The Labute approximate surface area is 108 Å². The molecule has 0 spiro atoms. The van der Waals surface area contributed by atoms with E-state index in [-0.39, 0.29) is 0 Å². The first-order chi connectivity index (χ1) is 8.25. The molecule has 1 nitrogen and oxygen atoms in total. The van der Waals surface area contributed by atoms with E-state index in [1.165, 1.54) is 16.0 Å². The van der Waals surface area contributed by atoms with Gasteiger partial charge in [0.1, 0.15) is 0 Å². The highest BCUT2D eigenvalue weighted by Crippen LogP contribution is 2.11. The van der Waals surface area contributed by atoms with Crippen molar-refractivity contribution in [2.24, 2.45) is 0 Å². The first-order valence-corrected chi connectivity index (χ1v) is 6.94. The Hall–Kier alpha value is -1.12. The molecule has 0 saturated heterocycles. The highest BCUT2D eigenvalue weighted by atomic mass is 32.1. The second-order valence-electron chi connectivity index (χ2n) is 4.49. The summed E-state index contributed by atoms with van der Waals surface area (Å²) in [5, 5.41) is 5.70. The topological polar surface area (TPSA) is 12.0 Å². The molecule has 0 saturated carbocycles. The Kier molecular flexibility index (Phi) is 4.35. The lowest BCUT2D eigenvalue weighted by Crippen LogP contribution is -2.27. The van der Waals surface area contributed by atoms with Gasteiger partial charge in [-0.1, -0.05) is 30.3 Å². The minimum absolute atomic E-state index is 0.512. The molecular formula is C15H19NS.